The van der Waals surface area contributed by atoms with Crippen molar-refractivity contribution >= 4 is 17.6 Å². The summed E-state index contributed by atoms with van der Waals surface area (Å²) in [4.78, 5) is 26.0. The van der Waals surface area contributed by atoms with Crippen molar-refractivity contribution in [3.05, 3.63) is 24.3 Å². The molecule has 25 heavy (non-hydrogen) atoms. The van der Waals surface area contributed by atoms with E-state index in [1.54, 1.807) is 25.1 Å². The Labute approximate surface area is 148 Å². The fraction of sp³-hybridized carbons (Fsp3) is 0.556. The molecule has 0 saturated carbocycles. The molecule has 2 rings (SSSR count). The summed E-state index contributed by atoms with van der Waals surface area (Å²) in [5, 5.41) is 5.51. The highest BCUT2D eigenvalue weighted by atomic mass is 16.5. The van der Waals surface area contributed by atoms with Crippen LogP contribution in [0.15, 0.2) is 24.3 Å². The van der Waals surface area contributed by atoms with E-state index >= 15 is 0 Å². The second kappa shape index (κ2) is 8.20. The molecule has 7 heteroatoms. The molecule has 3 amide bonds. The number of nitrogens with two attached hydrogens (primary N) is 1. The number of amides is 3. The zero-order valence-electron chi connectivity index (χ0n) is 15.2. The Morgan fingerprint density at radius 1 is 1.44 bits per heavy atom. The lowest BCUT2D eigenvalue weighted by Crippen LogP contribution is -2.55. The summed E-state index contributed by atoms with van der Waals surface area (Å²) >= 11 is 0. The topological polar surface area (TPSA) is 96.7 Å². The number of rotatable bonds is 5. The quantitative estimate of drug-likeness (QED) is 0.756. The Morgan fingerprint density at radius 2 is 2.20 bits per heavy atom. The van der Waals surface area contributed by atoms with Crippen LogP contribution < -0.4 is 21.1 Å². The molecule has 1 fully saturated rings. The van der Waals surface area contributed by atoms with Crippen LogP contribution in [0.1, 0.15) is 26.2 Å². The first-order valence-electron chi connectivity index (χ1n) is 8.55. The number of hydrogen-bond donors (Lipinski definition) is 3. The summed E-state index contributed by atoms with van der Waals surface area (Å²) in [6, 6.07) is 7.09. The summed E-state index contributed by atoms with van der Waals surface area (Å²) in [6.07, 6.45) is 2.03. The molecule has 0 radical (unpaired) electrons. The molecule has 1 unspecified atom stereocenters. The summed E-state index contributed by atoms with van der Waals surface area (Å²) in [7, 11) is 3.19. The Balaban J connectivity index is 1.99. The Bertz CT molecular complexity index is 618. The first-order valence-corrected chi connectivity index (χ1v) is 8.55. The van der Waals surface area contributed by atoms with Gasteiger partial charge in [-0.1, -0.05) is 6.07 Å². The van der Waals surface area contributed by atoms with Gasteiger partial charge in [0.05, 0.1) is 7.11 Å². The average Bonchev–Trinajstić information content (AvgIpc) is 2.61. The van der Waals surface area contributed by atoms with E-state index in [1.807, 2.05) is 25.1 Å². The van der Waals surface area contributed by atoms with E-state index in [2.05, 4.69) is 10.6 Å². The Hall–Kier alpha value is -2.28. The normalized spacial score (nSPS) is 19.7. The molecule has 7 nitrogen and oxygen atoms in total. The van der Waals surface area contributed by atoms with Crippen LogP contribution in [0.2, 0.25) is 0 Å². The largest absolute Gasteiger partial charge is 0.497 e. The minimum atomic E-state index is -0.644. The third kappa shape index (κ3) is 5.09. The summed E-state index contributed by atoms with van der Waals surface area (Å²) in [5.74, 6) is 0.687. The highest BCUT2D eigenvalue weighted by molar-refractivity contribution is 5.89. The number of likely N-dealkylation sites (tertiary alicyclic amines) is 1. The molecule has 1 saturated heterocycles. The zero-order valence-corrected chi connectivity index (χ0v) is 15.2. The minimum absolute atomic E-state index is 0.0783. The van der Waals surface area contributed by atoms with Crippen LogP contribution in [-0.4, -0.2) is 49.6 Å². The van der Waals surface area contributed by atoms with Gasteiger partial charge in [-0.15, -0.1) is 0 Å². The molecule has 0 spiro atoms. The molecular formula is C18H28N4O3. The molecule has 1 aliphatic heterocycles. The monoisotopic (exact) mass is 348 g/mol. The number of ether oxygens (including phenoxy) is 1. The van der Waals surface area contributed by atoms with Gasteiger partial charge in [0.1, 0.15) is 5.75 Å². The number of methoxy groups -OCH3 is 1. The lowest BCUT2D eigenvalue weighted by Gasteiger charge is -2.41. The zero-order chi connectivity index (χ0) is 18.4. The Kier molecular flexibility index (Phi) is 6.25. The van der Waals surface area contributed by atoms with Crippen molar-refractivity contribution in [2.24, 2.45) is 11.7 Å². The van der Waals surface area contributed by atoms with Crippen molar-refractivity contribution in [3.8, 4) is 5.75 Å². The molecule has 2 atom stereocenters. The molecular weight excluding hydrogens is 320 g/mol. The fourth-order valence-corrected chi connectivity index (χ4v) is 3.18. The van der Waals surface area contributed by atoms with Crippen molar-refractivity contribution in [2.45, 2.75) is 31.7 Å². The van der Waals surface area contributed by atoms with E-state index in [0.29, 0.717) is 24.5 Å². The maximum Gasteiger partial charge on any atom is 0.321 e. The first-order chi connectivity index (χ1) is 11.9. The van der Waals surface area contributed by atoms with Crippen molar-refractivity contribution < 1.29 is 14.3 Å². The average molecular weight is 348 g/mol. The molecule has 1 aliphatic rings. The van der Waals surface area contributed by atoms with E-state index in [0.717, 1.165) is 12.8 Å². The van der Waals surface area contributed by atoms with Crippen LogP contribution in [0.25, 0.3) is 0 Å². The lowest BCUT2D eigenvalue weighted by atomic mass is 9.78. The van der Waals surface area contributed by atoms with Gasteiger partial charge >= 0.3 is 6.03 Å². The number of piperidine rings is 1. The smallest absolute Gasteiger partial charge is 0.321 e. The van der Waals surface area contributed by atoms with Crippen LogP contribution in [0.4, 0.5) is 10.5 Å². The van der Waals surface area contributed by atoms with Gasteiger partial charge in [0.25, 0.3) is 0 Å². The summed E-state index contributed by atoms with van der Waals surface area (Å²) < 4.78 is 5.17. The van der Waals surface area contributed by atoms with Crippen LogP contribution in [0.3, 0.4) is 0 Å². The van der Waals surface area contributed by atoms with E-state index < -0.39 is 5.54 Å². The summed E-state index contributed by atoms with van der Waals surface area (Å²) in [5.41, 5.74) is 6.43. The molecule has 0 bridgehead atoms. The maximum atomic E-state index is 12.6. The fourth-order valence-electron chi connectivity index (χ4n) is 3.18. The van der Waals surface area contributed by atoms with Crippen LogP contribution >= 0.6 is 0 Å². The predicted octanol–water partition coefficient (Wildman–Crippen LogP) is 1.79. The summed E-state index contributed by atoms with van der Waals surface area (Å²) in [6.45, 7) is 3.11. The molecule has 138 valence electrons. The molecule has 4 N–H and O–H groups in total. The van der Waals surface area contributed by atoms with Crippen molar-refractivity contribution in [3.63, 3.8) is 0 Å². The molecule has 1 aromatic rings. The minimum Gasteiger partial charge on any atom is -0.497 e. The maximum absolute atomic E-state index is 12.6. The second-order valence-corrected chi connectivity index (χ2v) is 6.80. The molecule has 0 aromatic heterocycles. The van der Waals surface area contributed by atoms with Gasteiger partial charge in [0.15, 0.2) is 0 Å². The molecule has 0 aliphatic carbocycles. The van der Waals surface area contributed by atoms with Crippen molar-refractivity contribution in [2.75, 3.05) is 32.6 Å². The van der Waals surface area contributed by atoms with Crippen LogP contribution in [0.5, 0.6) is 5.75 Å². The number of carbonyl (C=O) groups excluding carboxylic acids is 2. The predicted molar refractivity (Wildman–Crippen MR) is 97.6 cm³/mol. The number of hydrogen-bond acceptors (Lipinski definition) is 4. The number of urea groups is 1. The Morgan fingerprint density at radius 3 is 2.88 bits per heavy atom. The first kappa shape index (κ1) is 19.1. The van der Waals surface area contributed by atoms with Gasteiger partial charge in [0.2, 0.25) is 5.91 Å². The standard InChI is InChI=1S/C18H28N4O3/c1-18(19,11-16(23)20-2)13-6-5-9-22(12-13)17(24)21-14-7-4-8-15(10-14)25-3/h4,7-8,10,13H,5-6,9,11-12,19H2,1-3H3,(H,20,23)(H,21,24)/t13?,18-/m0/s1. The highest BCUT2D eigenvalue weighted by Crippen LogP contribution is 2.28. The van der Waals surface area contributed by atoms with Gasteiger partial charge in [0, 0.05) is 43.9 Å². The van der Waals surface area contributed by atoms with E-state index in [9.17, 15) is 9.59 Å². The van der Waals surface area contributed by atoms with Gasteiger partial charge in [-0.3, -0.25) is 4.79 Å². The number of benzene rings is 1. The van der Waals surface area contributed by atoms with Gasteiger partial charge in [-0.25, -0.2) is 4.79 Å². The number of carbonyl (C=O) groups is 2. The van der Waals surface area contributed by atoms with Crippen LogP contribution in [0, 0.1) is 5.92 Å². The van der Waals surface area contributed by atoms with Gasteiger partial charge in [-0.05, 0) is 37.8 Å². The highest BCUT2D eigenvalue weighted by Gasteiger charge is 2.36. The van der Waals surface area contributed by atoms with E-state index in [1.165, 1.54) is 0 Å². The third-order valence-electron chi connectivity index (χ3n) is 4.78. The SMILES string of the molecule is CNC(=O)C[C@](C)(N)C1CCCN(C(=O)Nc2cccc(OC)c2)C1. The van der Waals surface area contributed by atoms with E-state index in [4.69, 9.17) is 10.5 Å². The number of nitrogens with zero attached hydrogens (tertiary/aromatic N) is 1. The van der Waals surface area contributed by atoms with Gasteiger partial charge < -0.3 is 26.0 Å². The lowest BCUT2D eigenvalue weighted by molar-refractivity contribution is -0.122. The number of anilines is 1. The van der Waals surface area contributed by atoms with Crippen molar-refractivity contribution in [1.82, 2.24) is 10.2 Å². The van der Waals surface area contributed by atoms with E-state index in [-0.39, 0.29) is 24.3 Å². The third-order valence-corrected chi connectivity index (χ3v) is 4.78. The van der Waals surface area contributed by atoms with Crippen LogP contribution in [-0.2, 0) is 4.79 Å². The molecule has 1 aromatic carbocycles. The molecule has 1 heterocycles. The van der Waals surface area contributed by atoms with Gasteiger partial charge in [-0.2, -0.15) is 0 Å². The number of nitrogens with one attached hydrogen (secondary N) is 2. The van der Waals surface area contributed by atoms with Crippen molar-refractivity contribution in [1.29, 1.82) is 0 Å². The second-order valence-electron chi connectivity index (χ2n) is 6.80.